The molecule has 0 amide bonds. The molecule has 0 aliphatic rings. The van der Waals surface area contributed by atoms with Gasteiger partial charge in [-0.3, -0.25) is 0 Å². The SMILES string of the molecule is O.O.O.O.[Cl][Mn]. The van der Waals surface area contributed by atoms with Crippen LogP contribution in [0.15, 0.2) is 0 Å². The Labute approximate surface area is 47.8 Å². The molecule has 0 rings (SSSR count). The predicted octanol–water partition coefficient (Wildman–Crippen LogP) is -2.61. The molecule has 8 N–H and O–H groups in total. The van der Waals surface area contributed by atoms with E-state index in [4.69, 9.17) is 0 Å². The van der Waals surface area contributed by atoms with Crippen molar-refractivity contribution in [2.45, 2.75) is 0 Å². The number of rotatable bonds is 0. The van der Waals surface area contributed by atoms with Gasteiger partial charge in [0.05, 0.1) is 0 Å². The van der Waals surface area contributed by atoms with E-state index < -0.39 is 0 Å². The van der Waals surface area contributed by atoms with Crippen LogP contribution in [0.2, 0.25) is 0 Å². The van der Waals surface area contributed by atoms with Crippen molar-refractivity contribution in [3.05, 3.63) is 0 Å². The Balaban J connectivity index is -0.000000000833. The van der Waals surface area contributed by atoms with Gasteiger partial charge in [0.1, 0.15) is 0 Å². The Morgan fingerprint density at radius 1 is 0.667 bits per heavy atom. The molecule has 4 nitrogen and oxygen atoms in total. The zero-order chi connectivity index (χ0) is 2.00. The summed E-state index contributed by atoms with van der Waals surface area (Å²) in [6, 6.07) is 0. The van der Waals surface area contributed by atoms with E-state index >= 15 is 0 Å². The number of hydrogen-bond acceptors (Lipinski definition) is 0. The first-order valence-corrected chi connectivity index (χ1v) is 1.77. The van der Waals surface area contributed by atoms with Crippen LogP contribution >= 0.6 is 10.1 Å². The monoisotopic (exact) mass is 162 g/mol. The third-order valence-corrected chi connectivity index (χ3v) is 0. The Bertz CT molecular complexity index is 7.51. The van der Waals surface area contributed by atoms with E-state index in [9.17, 15) is 0 Å². The van der Waals surface area contributed by atoms with Crippen molar-refractivity contribution in [3.8, 4) is 0 Å². The van der Waals surface area contributed by atoms with Crippen LogP contribution in [0.4, 0.5) is 0 Å². The molecule has 0 spiro atoms. The van der Waals surface area contributed by atoms with Crippen LogP contribution in [0.5, 0.6) is 0 Å². The van der Waals surface area contributed by atoms with Gasteiger partial charge in [-0.2, -0.15) is 0 Å². The first-order valence-electron chi connectivity index (χ1n) is 0.143. The fourth-order valence-corrected chi connectivity index (χ4v) is 0. The molecular formula is H8ClMnO4. The van der Waals surface area contributed by atoms with Gasteiger partial charge < -0.3 is 21.9 Å². The van der Waals surface area contributed by atoms with Crippen LogP contribution in [0.1, 0.15) is 0 Å². The fraction of sp³-hybridized carbons (Fsp3) is 0. The van der Waals surface area contributed by atoms with Crippen molar-refractivity contribution in [3.63, 3.8) is 0 Å². The molecule has 46 valence electrons. The molecule has 0 radical (unpaired) electrons. The molecule has 0 fully saturated rings. The molecule has 0 aliphatic heterocycles. The van der Waals surface area contributed by atoms with Gasteiger partial charge in [0.25, 0.3) is 0 Å². The predicted molar refractivity (Wildman–Crippen MR) is 20.3 cm³/mol. The van der Waals surface area contributed by atoms with Crippen molar-refractivity contribution in [1.29, 1.82) is 0 Å². The molecule has 0 unspecified atom stereocenters. The van der Waals surface area contributed by atoms with Crippen LogP contribution in [-0.4, -0.2) is 21.9 Å². The first-order chi connectivity index (χ1) is 1.00. The van der Waals surface area contributed by atoms with E-state index in [-0.39, 0.29) is 21.9 Å². The van der Waals surface area contributed by atoms with Crippen LogP contribution < -0.4 is 0 Å². The second kappa shape index (κ2) is 290. The normalized spacial score (nSPS) is 1.00. The van der Waals surface area contributed by atoms with E-state index in [2.05, 4.69) is 25.2 Å². The van der Waals surface area contributed by atoms with E-state index in [1.165, 1.54) is 0 Å². The first kappa shape index (κ1) is 78.0. The summed E-state index contributed by atoms with van der Waals surface area (Å²) in [5, 5.41) is 0. The topological polar surface area (TPSA) is 126 Å². The molecule has 0 aromatic carbocycles. The Morgan fingerprint density at radius 2 is 0.667 bits per heavy atom. The minimum atomic E-state index is 0. The van der Waals surface area contributed by atoms with Crippen molar-refractivity contribution in [2.75, 3.05) is 0 Å². The summed E-state index contributed by atoms with van der Waals surface area (Å²) < 4.78 is 0. The van der Waals surface area contributed by atoms with Gasteiger partial charge in [-0.1, -0.05) is 0 Å². The number of halogens is 1. The molecule has 0 aliphatic carbocycles. The summed E-state index contributed by atoms with van der Waals surface area (Å²) in [5.74, 6) is 0. The maximum atomic E-state index is 4.45. The molecular weight excluding hydrogens is 154 g/mol. The summed E-state index contributed by atoms with van der Waals surface area (Å²) in [4.78, 5) is 0. The van der Waals surface area contributed by atoms with Gasteiger partial charge in [-0.25, -0.2) is 0 Å². The molecule has 0 saturated carbocycles. The molecule has 6 heteroatoms. The van der Waals surface area contributed by atoms with Crippen LogP contribution in [0.25, 0.3) is 0 Å². The Hall–Kier alpha value is 0.649. The summed E-state index contributed by atoms with van der Waals surface area (Å²) in [5.41, 5.74) is 0. The van der Waals surface area contributed by atoms with Crippen molar-refractivity contribution in [1.82, 2.24) is 0 Å². The van der Waals surface area contributed by atoms with Crippen LogP contribution in [-0.2, 0) is 15.1 Å². The third kappa shape index (κ3) is 147. The van der Waals surface area contributed by atoms with Crippen molar-refractivity contribution in [2.24, 2.45) is 0 Å². The quantitative estimate of drug-likeness (QED) is 0.346. The maximum absolute atomic E-state index is 4.45. The summed E-state index contributed by atoms with van der Waals surface area (Å²) in [6.45, 7) is 0. The van der Waals surface area contributed by atoms with E-state index in [0.29, 0.717) is 0 Å². The van der Waals surface area contributed by atoms with Gasteiger partial charge in [0.2, 0.25) is 0 Å². The average Bonchev–Trinajstić information content (AvgIpc) is 1.00. The van der Waals surface area contributed by atoms with Gasteiger partial charge in [0.15, 0.2) is 0 Å². The summed E-state index contributed by atoms with van der Waals surface area (Å²) in [6.07, 6.45) is 0. The molecule has 0 bridgehead atoms. The average molecular weight is 162 g/mol. The standard InChI is InChI=1S/ClH.Mn.4H2O/h1H;;4*1H2/q;+1;;;;/p-1. The van der Waals surface area contributed by atoms with Crippen LogP contribution in [0.3, 0.4) is 0 Å². The van der Waals surface area contributed by atoms with Gasteiger partial charge in [-0.05, 0) is 0 Å². The molecule has 0 aromatic rings. The minimum absolute atomic E-state index is 0. The van der Waals surface area contributed by atoms with E-state index in [0.717, 1.165) is 0 Å². The second-order valence-corrected chi connectivity index (χ2v) is 0. The van der Waals surface area contributed by atoms with E-state index in [1.807, 2.05) is 0 Å². The Morgan fingerprint density at radius 3 is 0.667 bits per heavy atom. The van der Waals surface area contributed by atoms with Gasteiger partial charge >= 0.3 is 25.2 Å². The molecule has 0 saturated heterocycles. The second-order valence-electron chi connectivity index (χ2n) is 0. The summed E-state index contributed by atoms with van der Waals surface area (Å²) >= 11 is 2.41. The zero-order valence-electron chi connectivity index (χ0n) is 2.76. The third-order valence-electron chi connectivity index (χ3n) is 0. The fourth-order valence-electron chi connectivity index (χ4n) is 0. The van der Waals surface area contributed by atoms with Gasteiger partial charge in [0, 0.05) is 0 Å². The number of hydrogen-bond donors (Lipinski definition) is 0. The van der Waals surface area contributed by atoms with Gasteiger partial charge in [-0.15, -0.1) is 0 Å². The van der Waals surface area contributed by atoms with Crippen molar-refractivity contribution >= 4 is 10.1 Å². The van der Waals surface area contributed by atoms with E-state index in [1.54, 1.807) is 0 Å². The molecule has 0 atom stereocenters. The zero-order valence-corrected chi connectivity index (χ0v) is 4.69. The molecule has 0 heterocycles. The van der Waals surface area contributed by atoms with Crippen LogP contribution in [0, 0.1) is 0 Å². The molecule has 6 heavy (non-hydrogen) atoms. The summed E-state index contributed by atoms with van der Waals surface area (Å²) in [7, 11) is 4.45. The van der Waals surface area contributed by atoms with Crippen molar-refractivity contribution < 1.29 is 37.0 Å². The Kier molecular flexibility index (Phi) is 3760. The molecule has 0 aromatic heterocycles.